The van der Waals surface area contributed by atoms with Crippen LogP contribution in [0.2, 0.25) is 0 Å². The minimum Gasteiger partial charge on any atom is -1.00 e. The second kappa shape index (κ2) is 13.1. The first-order chi connectivity index (χ1) is 10.2. The maximum atomic E-state index is 11.5. The molecule has 0 aliphatic rings. The molecule has 124 valence electrons. The molecule has 0 fully saturated rings. The number of quaternary nitrogens is 1. The van der Waals surface area contributed by atoms with Gasteiger partial charge in [-0.15, -0.1) is 0 Å². The number of benzene rings is 1. The van der Waals surface area contributed by atoms with E-state index in [1.807, 2.05) is 0 Å². The van der Waals surface area contributed by atoms with Crippen LogP contribution in [0.15, 0.2) is 30.3 Å². The Morgan fingerprint density at radius 1 is 1.14 bits per heavy atom. The summed E-state index contributed by atoms with van der Waals surface area (Å²) in [7, 11) is 0. The van der Waals surface area contributed by atoms with Crippen LogP contribution in [0.3, 0.4) is 0 Å². The van der Waals surface area contributed by atoms with Gasteiger partial charge in [0, 0.05) is 12.6 Å². The van der Waals surface area contributed by atoms with Crippen LogP contribution in [0.1, 0.15) is 5.56 Å². The van der Waals surface area contributed by atoms with E-state index >= 15 is 0 Å². The molecular formula is C15H23ClN2O4. The average Bonchev–Trinajstić information content (AvgIpc) is 2.49. The standard InChI is InChI=1S/C15H22N2O4.ClH/c16-7-9-20-11-12-21-10-8-17-15(19)6-3-13-1-4-14(18)5-2-13;/h1-6,18H,7-12,16H2,(H,17,19);1H/b6-3+;. The number of carbonyl (C=O) groups excluding carboxylic acids is 1. The van der Waals surface area contributed by atoms with Gasteiger partial charge >= 0.3 is 0 Å². The summed E-state index contributed by atoms with van der Waals surface area (Å²) in [5.74, 6) is 0.0212. The summed E-state index contributed by atoms with van der Waals surface area (Å²) < 4.78 is 10.5. The molecule has 0 unspecified atom stereocenters. The smallest absolute Gasteiger partial charge is 0.244 e. The lowest BCUT2D eigenvalue weighted by Crippen LogP contribution is -3.00. The lowest BCUT2D eigenvalue weighted by atomic mass is 10.2. The van der Waals surface area contributed by atoms with Gasteiger partial charge in [-0.25, -0.2) is 0 Å². The quantitative estimate of drug-likeness (QED) is 0.311. The van der Waals surface area contributed by atoms with Crippen LogP contribution in [0.25, 0.3) is 6.08 Å². The van der Waals surface area contributed by atoms with Crippen molar-refractivity contribution in [1.82, 2.24) is 5.32 Å². The second-order valence-corrected chi connectivity index (χ2v) is 4.29. The third-order valence-electron chi connectivity index (χ3n) is 2.53. The van der Waals surface area contributed by atoms with Crippen LogP contribution < -0.4 is 23.5 Å². The Morgan fingerprint density at radius 2 is 1.77 bits per heavy atom. The van der Waals surface area contributed by atoms with Gasteiger partial charge in [-0.3, -0.25) is 4.79 Å². The molecule has 0 bridgehead atoms. The molecule has 1 aromatic carbocycles. The number of ether oxygens (including phenoxy) is 2. The van der Waals surface area contributed by atoms with Crippen LogP contribution in [0, 0.1) is 0 Å². The number of halogens is 1. The number of phenolic OH excluding ortho intramolecular Hbond substituents is 1. The van der Waals surface area contributed by atoms with Crippen molar-refractivity contribution in [3.63, 3.8) is 0 Å². The van der Waals surface area contributed by atoms with E-state index in [0.717, 1.165) is 12.1 Å². The zero-order valence-electron chi connectivity index (χ0n) is 12.5. The summed E-state index contributed by atoms with van der Waals surface area (Å²) >= 11 is 0. The van der Waals surface area contributed by atoms with Crippen molar-refractivity contribution in [3.05, 3.63) is 35.9 Å². The number of hydrogen-bond acceptors (Lipinski definition) is 4. The highest BCUT2D eigenvalue weighted by atomic mass is 35.5. The van der Waals surface area contributed by atoms with E-state index in [4.69, 9.17) is 14.6 Å². The Balaban J connectivity index is 0.00000441. The van der Waals surface area contributed by atoms with E-state index in [9.17, 15) is 4.79 Å². The predicted molar refractivity (Wildman–Crippen MR) is 79.5 cm³/mol. The second-order valence-electron chi connectivity index (χ2n) is 4.29. The summed E-state index contributed by atoms with van der Waals surface area (Å²) in [5, 5.41) is 11.9. The van der Waals surface area contributed by atoms with Crippen LogP contribution >= 0.6 is 0 Å². The fourth-order valence-corrected chi connectivity index (χ4v) is 1.49. The molecule has 0 saturated carbocycles. The summed E-state index contributed by atoms with van der Waals surface area (Å²) in [5.41, 5.74) is 4.51. The highest BCUT2D eigenvalue weighted by Crippen LogP contribution is 2.10. The fourth-order valence-electron chi connectivity index (χ4n) is 1.49. The number of aromatic hydroxyl groups is 1. The molecule has 0 saturated heterocycles. The summed E-state index contributed by atoms with van der Waals surface area (Å²) in [4.78, 5) is 11.5. The number of amides is 1. The van der Waals surface area contributed by atoms with E-state index in [1.165, 1.54) is 6.08 Å². The highest BCUT2D eigenvalue weighted by Gasteiger charge is 1.95. The van der Waals surface area contributed by atoms with Crippen LogP contribution in [-0.2, 0) is 14.3 Å². The van der Waals surface area contributed by atoms with Gasteiger partial charge in [-0.1, -0.05) is 12.1 Å². The highest BCUT2D eigenvalue weighted by molar-refractivity contribution is 5.91. The molecule has 0 atom stereocenters. The van der Waals surface area contributed by atoms with Gasteiger partial charge in [0.1, 0.15) is 5.75 Å². The lowest BCUT2D eigenvalue weighted by Gasteiger charge is -2.05. The fraction of sp³-hybridized carbons (Fsp3) is 0.400. The van der Waals surface area contributed by atoms with Gasteiger partial charge in [0.15, 0.2) is 0 Å². The lowest BCUT2D eigenvalue weighted by molar-refractivity contribution is -0.374. The van der Waals surface area contributed by atoms with Crippen molar-refractivity contribution >= 4 is 12.0 Å². The van der Waals surface area contributed by atoms with Crippen molar-refractivity contribution in [2.75, 3.05) is 39.5 Å². The molecule has 0 aliphatic heterocycles. The third-order valence-corrected chi connectivity index (χ3v) is 2.53. The molecule has 0 aromatic heterocycles. The number of nitrogens with one attached hydrogen (secondary N) is 1. The number of rotatable bonds is 10. The van der Waals surface area contributed by atoms with Crippen molar-refractivity contribution in [2.24, 2.45) is 0 Å². The first kappa shape index (κ1) is 20.4. The van der Waals surface area contributed by atoms with Gasteiger partial charge in [-0.2, -0.15) is 0 Å². The molecule has 6 nitrogen and oxygen atoms in total. The SMILES string of the molecule is [Cl-].[NH3+]CCOCCOCCNC(=O)/C=C/c1ccc(O)cc1. The Hall–Kier alpha value is -1.60. The first-order valence-corrected chi connectivity index (χ1v) is 6.92. The Morgan fingerprint density at radius 3 is 2.41 bits per heavy atom. The van der Waals surface area contributed by atoms with E-state index in [-0.39, 0.29) is 24.1 Å². The Bertz CT molecular complexity index is 438. The van der Waals surface area contributed by atoms with E-state index < -0.39 is 0 Å². The Labute approximate surface area is 136 Å². The molecule has 5 N–H and O–H groups in total. The zero-order chi connectivity index (χ0) is 15.3. The molecule has 0 radical (unpaired) electrons. The summed E-state index contributed by atoms with van der Waals surface area (Å²) in [6.07, 6.45) is 3.13. The van der Waals surface area contributed by atoms with Gasteiger partial charge in [0.05, 0.1) is 33.0 Å². The molecule has 1 rings (SSSR count). The van der Waals surface area contributed by atoms with Gasteiger partial charge in [-0.05, 0) is 23.8 Å². The van der Waals surface area contributed by atoms with E-state index in [1.54, 1.807) is 30.3 Å². The number of phenols is 1. The average molecular weight is 331 g/mol. The molecule has 1 amide bonds. The minimum atomic E-state index is -0.181. The minimum absolute atomic E-state index is 0. The maximum Gasteiger partial charge on any atom is 0.244 e. The zero-order valence-corrected chi connectivity index (χ0v) is 13.2. The summed E-state index contributed by atoms with van der Waals surface area (Å²) in [6, 6.07) is 6.60. The van der Waals surface area contributed by atoms with Crippen molar-refractivity contribution in [2.45, 2.75) is 0 Å². The summed E-state index contributed by atoms with van der Waals surface area (Å²) in [6.45, 7) is 3.36. The Kier molecular flexibility index (Phi) is 12.1. The van der Waals surface area contributed by atoms with Gasteiger partial charge in [0.25, 0.3) is 0 Å². The molecule has 0 aliphatic carbocycles. The molecule has 7 heteroatoms. The molecule has 1 aromatic rings. The van der Waals surface area contributed by atoms with Gasteiger partial charge in [0.2, 0.25) is 5.91 Å². The van der Waals surface area contributed by atoms with Crippen LogP contribution in [-0.4, -0.2) is 50.5 Å². The topological polar surface area (TPSA) is 95.4 Å². The molecule has 0 heterocycles. The first-order valence-electron chi connectivity index (χ1n) is 6.92. The van der Waals surface area contributed by atoms with Crippen molar-refractivity contribution in [3.8, 4) is 5.75 Å². The van der Waals surface area contributed by atoms with Gasteiger partial charge < -0.3 is 38.0 Å². The van der Waals surface area contributed by atoms with Crippen molar-refractivity contribution < 1.29 is 37.5 Å². The van der Waals surface area contributed by atoms with Crippen molar-refractivity contribution in [1.29, 1.82) is 0 Å². The molecule has 0 spiro atoms. The van der Waals surface area contributed by atoms with E-state index in [2.05, 4.69) is 11.1 Å². The largest absolute Gasteiger partial charge is 1.00 e. The third kappa shape index (κ3) is 10.2. The maximum absolute atomic E-state index is 11.5. The van der Waals surface area contributed by atoms with Crippen LogP contribution in [0.5, 0.6) is 5.75 Å². The number of hydrogen-bond donors (Lipinski definition) is 3. The molecule has 22 heavy (non-hydrogen) atoms. The predicted octanol–water partition coefficient (Wildman–Crippen LogP) is -3.20. The number of carbonyl (C=O) groups is 1. The normalized spacial score (nSPS) is 10.4. The van der Waals surface area contributed by atoms with Crippen LogP contribution in [0.4, 0.5) is 0 Å². The monoisotopic (exact) mass is 330 g/mol. The molecular weight excluding hydrogens is 308 g/mol. The van der Waals surface area contributed by atoms with E-state index in [0.29, 0.717) is 33.0 Å².